The molecular formula is C13H17FN2O2. The highest BCUT2D eigenvalue weighted by Gasteiger charge is 2.28. The third-order valence-electron chi connectivity index (χ3n) is 3.37. The number of aliphatic hydroxyl groups excluding tert-OH is 1. The average Bonchev–Trinajstić information content (AvgIpc) is 2.30. The van der Waals surface area contributed by atoms with E-state index < -0.39 is 11.9 Å². The summed E-state index contributed by atoms with van der Waals surface area (Å²) in [7, 11) is 0. The van der Waals surface area contributed by atoms with Gasteiger partial charge in [-0.05, 0) is 30.5 Å². The molecule has 1 amide bonds. The number of piperidine rings is 1. The Morgan fingerprint density at radius 2 is 2.22 bits per heavy atom. The average molecular weight is 252 g/mol. The number of β-amino-alcohol motifs (C(OH)–C–C–N with tert-alkyl or cyclic N) is 1. The van der Waals surface area contributed by atoms with E-state index in [2.05, 4.69) is 0 Å². The van der Waals surface area contributed by atoms with Crippen LogP contribution in [0.3, 0.4) is 0 Å². The molecule has 1 aliphatic heterocycles. The molecule has 0 radical (unpaired) electrons. The number of nitrogen functional groups attached to an aromatic ring is 1. The molecule has 0 bridgehead atoms. The topological polar surface area (TPSA) is 66.6 Å². The zero-order chi connectivity index (χ0) is 13.3. The third-order valence-corrected chi connectivity index (χ3v) is 3.37. The number of benzene rings is 1. The van der Waals surface area contributed by atoms with Crippen molar-refractivity contribution in [3.8, 4) is 0 Å². The van der Waals surface area contributed by atoms with Crippen molar-refractivity contribution in [1.82, 2.24) is 4.90 Å². The lowest BCUT2D eigenvalue weighted by Gasteiger charge is -2.34. The number of carbonyl (C=O) groups is 1. The van der Waals surface area contributed by atoms with Gasteiger partial charge < -0.3 is 15.7 Å². The van der Waals surface area contributed by atoms with Crippen LogP contribution >= 0.6 is 0 Å². The van der Waals surface area contributed by atoms with E-state index in [-0.39, 0.29) is 29.6 Å². The number of nitrogens with zero attached hydrogens (tertiary/aromatic N) is 1. The van der Waals surface area contributed by atoms with Crippen LogP contribution in [0.5, 0.6) is 0 Å². The molecular weight excluding hydrogens is 235 g/mol. The molecule has 1 aliphatic rings. The van der Waals surface area contributed by atoms with Crippen molar-refractivity contribution in [3.05, 3.63) is 29.6 Å². The number of carbonyl (C=O) groups excluding carboxylic acids is 1. The van der Waals surface area contributed by atoms with Crippen molar-refractivity contribution in [2.75, 3.05) is 18.8 Å². The van der Waals surface area contributed by atoms with E-state index in [4.69, 9.17) is 5.73 Å². The summed E-state index contributed by atoms with van der Waals surface area (Å²) >= 11 is 0. The molecule has 1 aromatic rings. The van der Waals surface area contributed by atoms with E-state index in [1.807, 2.05) is 6.92 Å². The number of nitrogens with two attached hydrogens (primary N) is 1. The second-order valence-electron chi connectivity index (χ2n) is 4.86. The van der Waals surface area contributed by atoms with Crippen LogP contribution in [0.2, 0.25) is 0 Å². The van der Waals surface area contributed by atoms with Crippen molar-refractivity contribution in [1.29, 1.82) is 0 Å². The standard InChI is InChI=1S/C13H17FN2O2/c1-8-2-3-16(7-12(8)17)13(18)9-4-10(14)6-11(15)5-9/h4-6,8,12,17H,2-3,7,15H2,1H3. The van der Waals surface area contributed by atoms with E-state index in [1.54, 1.807) is 4.90 Å². The van der Waals surface area contributed by atoms with Crippen molar-refractivity contribution in [2.24, 2.45) is 5.92 Å². The highest BCUT2D eigenvalue weighted by atomic mass is 19.1. The fourth-order valence-electron chi connectivity index (χ4n) is 2.15. The zero-order valence-electron chi connectivity index (χ0n) is 10.3. The van der Waals surface area contributed by atoms with Crippen LogP contribution in [0.25, 0.3) is 0 Å². The Hall–Kier alpha value is -1.62. The van der Waals surface area contributed by atoms with Crippen LogP contribution in [0.1, 0.15) is 23.7 Å². The molecule has 18 heavy (non-hydrogen) atoms. The first-order valence-electron chi connectivity index (χ1n) is 6.01. The van der Waals surface area contributed by atoms with Gasteiger partial charge in [0.25, 0.3) is 5.91 Å². The van der Waals surface area contributed by atoms with E-state index in [9.17, 15) is 14.3 Å². The first-order valence-corrected chi connectivity index (χ1v) is 6.01. The van der Waals surface area contributed by atoms with E-state index in [0.717, 1.165) is 6.42 Å². The van der Waals surface area contributed by atoms with E-state index in [0.29, 0.717) is 6.54 Å². The van der Waals surface area contributed by atoms with Crippen LogP contribution in [-0.2, 0) is 0 Å². The second kappa shape index (κ2) is 4.94. The predicted octanol–water partition coefficient (Wildman–Crippen LogP) is 1.25. The third kappa shape index (κ3) is 2.61. The highest BCUT2D eigenvalue weighted by Crippen LogP contribution is 2.20. The number of hydrogen-bond acceptors (Lipinski definition) is 3. The maximum atomic E-state index is 13.2. The fourth-order valence-corrected chi connectivity index (χ4v) is 2.15. The lowest BCUT2D eigenvalue weighted by molar-refractivity contribution is 0.0248. The predicted molar refractivity (Wildman–Crippen MR) is 66.5 cm³/mol. The van der Waals surface area contributed by atoms with Crippen LogP contribution < -0.4 is 5.73 Å². The molecule has 1 saturated heterocycles. The molecule has 0 aromatic heterocycles. The Morgan fingerprint density at radius 1 is 1.50 bits per heavy atom. The molecule has 0 saturated carbocycles. The maximum absolute atomic E-state index is 13.2. The minimum Gasteiger partial charge on any atom is -0.399 e. The SMILES string of the molecule is CC1CCN(C(=O)c2cc(N)cc(F)c2)CC1O. The normalized spacial score (nSPS) is 24.1. The van der Waals surface area contributed by atoms with Gasteiger partial charge in [-0.3, -0.25) is 4.79 Å². The van der Waals surface area contributed by atoms with Crippen molar-refractivity contribution in [2.45, 2.75) is 19.4 Å². The number of aliphatic hydroxyl groups is 1. The summed E-state index contributed by atoms with van der Waals surface area (Å²) in [5, 5.41) is 9.76. The molecule has 0 aliphatic carbocycles. The summed E-state index contributed by atoms with van der Waals surface area (Å²) in [5.41, 5.74) is 5.97. The molecule has 5 heteroatoms. The Labute approximate surface area is 105 Å². The zero-order valence-corrected chi connectivity index (χ0v) is 10.3. The smallest absolute Gasteiger partial charge is 0.254 e. The summed E-state index contributed by atoms with van der Waals surface area (Å²) in [6.07, 6.45) is 0.228. The number of rotatable bonds is 1. The van der Waals surface area contributed by atoms with Crippen LogP contribution in [0.15, 0.2) is 18.2 Å². The maximum Gasteiger partial charge on any atom is 0.254 e. The Balaban J connectivity index is 2.16. The molecule has 1 heterocycles. The van der Waals surface area contributed by atoms with Gasteiger partial charge >= 0.3 is 0 Å². The van der Waals surface area contributed by atoms with E-state index >= 15 is 0 Å². The lowest BCUT2D eigenvalue weighted by atomic mass is 9.95. The van der Waals surface area contributed by atoms with Gasteiger partial charge in [0.2, 0.25) is 0 Å². The minimum atomic E-state index is -0.524. The van der Waals surface area contributed by atoms with Gasteiger partial charge in [0.15, 0.2) is 0 Å². The summed E-state index contributed by atoms with van der Waals surface area (Å²) < 4.78 is 13.2. The Bertz CT molecular complexity index is 444. The van der Waals surface area contributed by atoms with E-state index in [1.165, 1.54) is 18.2 Å². The molecule has 0 spiro atoms. The lowest BCUT2D eigenvalue weighted by Crippen LogP contribution is -2.45. The van der Waals surface area contributed by atoms with Crippen molar-refractivity contribution in [3.63, 3.8) is 0 Å². The number of halogens is 1. The fraction of sp³-hybridized carbons (Fsp3) is 0.462. The molecule has 2 unspecified atom stereocenters. The molecule has 2 atom stereocenters. The summed E-state index contributed by atoms with van der Waals surface area (Å²) in [5.74, 6) is -0.622. The number of anilines is 1. The molecule has 3 N–H and O–H groups in total. The Morgan fingerprint density at radius 3 is 2.83 bits per heavy atom. The van der Waals surface area contributed by atoms with Gasteiger partial charge in [-0.15, -0.1) is 0 Å². The van der Waals surface area contributed by atoms with Crippen molar-refractivity contribution < 1.29 is 14.3 Å². The number of likely N-dealkylation sites (tertiary alicyclic amines) is 1. The number of amides is 1. The summed E-state index contributed by atoms with van der Waals surface area (Å²) in [6.45, 7) is 2.82. The summed E-state index contributed by atoms with van der Waals surface area (Å²) in [4.78, 5) is 13.7. The molecule has 1 aromatic carbocycles. The quantitative estimate of drug-likeness (QED) is 0.739. The highest BCUT2D eigenvalue weighted by molar-refractivity contribution is 5.95. The van der Waals surface area contributed by atoms with Gasteiger partial charge in [0.05, 0.1) is 6.10 Å². The monoisotopic (exact) mass is 252 g/mol. The van der Waals surface area contributed by atoms with Gasteiger partial charge in [0.1, 0.15) is 5.82 Å². The van der Waals surface area contributed by atoms with Crippen LogP contribution in [-0.4, -0.2) is 35.1 Å². The first kappa shape index (κ1) is 12.8. The van der Waals surface area contributed by atoms with Gasteiger partial charge in [-0.25, -0.2) is 4.39 Å². The van der Waals surface area contributed by atoms with Crippen LogP contribution in [0, 0.1) is 11.7 Å². The largest absolute Gasteiger partial charge is 0.399 e. The Kier molecular flexibility index (Phi) is 3.52. The van der Waals surface area contributed by atoms with Gasteiger partial charge in [0, 0.05) is 24.3 Å². The molecule has 4 nitrogen and oxygen atoms in total. The van der Waals surface area contributed by atoms with Gasteiger partial charge in [-0.1, -0.05) is 6.92 Å². The minimum absolute atomic E-state index is 0.187. The van der Waals surface area contributed by atoms with Crippen molar-refractivity contribution >= 4 is 11.6 Å². The summed E-state index contributed by atoms with van der Waals surface area (Å²) in [6, 6.07) is 3.79. The first-order chi connectivity index (χ1) is 8.47. The van der Waals surface area contributed by atoms with Gasteiger partial charge in [-0.2, -0.15) is 0 Å². The number of hydrogen-bond donors (Lipinski definition) is 2. The molecule has 1 fully saturated rings. The molecule has 98 valence electrons. The molecule has 2 rings (SSSR count). The van der Waals surface area contributed by atoms with Crippen LogP contribution in [0.4, 0.5) is 10.1 Å². The second-order valence-corrected chi connectivity index (χ2v) is 4.86.